The largest absolute Gasteiger partial charge is 0.405 e. The molecule has 0 bridgehead atoms. The van der Waals surface area contributed by atoms with Gasteiger partial charge in [-0.15, -0.1) is 0 Å². The van der Waals surface area contributed by atoms with Crippen LogP contribution < -0.4 is 5.73 Å². The van der Waals surface area contributed by atoms with Crippen LogP contribution in [0, 0.1) is 10.8 Å². The van der Waals surface area contributed by atoms with Crippen molar-refractivity contribution in [1.82, 2.24) is 0 Å². The smallest absolute Gasteiger partial charge is 0.0671 e. The van der Waals surface area contributed by atoms with E-state index >= 15 is 0 Å². The molecule has 2 nitrogen and oxygen atoms in total. The molecule has 2 aliphatic rings. The maximum atomic E-state index is 5.54. The van der Waals surface area contributed by atoms with Crippen molar-refractivity contribution in [3.05, 3.63) is 58.5 Å². The van der Waals surface area contributed by atoms with E-state index in [1.54, 1.807) is 6.20 Å². The molecule has 0 fully saturated rings. The van der Waals surface area contributed by atoms with Gasteiger partial charge in [0.05, 0.1) is 11.4 Å². The Balaban J connectivity index is 2.52. The molecule has 0 aromatic heterocycles. The average molecular weight is 380 g/mol. The Hall–Kier alpha value is -1.23. The standard InChI is InChI=1S/C17H21IN2/c1-5-18-12-17(4)9-6-7-14-13(11-17)16(2,3)15(20-14)8-10-19/h5-12H,1,19H2,2-4H3/b10-8+. The minimum absolute atomic E-state index is 0.0241. The first-order chi connectivity index (χ1) is 9.43. The van der Waals surface area contributed by atoms with Gasteiger partial charge >= 0.3 is 0 Å². The molecule has 0 saturated carbocycles. The van der Waals surface area contributed by atoms with Crippen LogP contribution in [0.5, 0.6) is 0 Å². The molecule has 0 aromatic carbocycles. The predicted octanol–water partition coefficient (Wildman–Crippen LogP) is 4.24. The van der Waals surface area contributed by atoms with Crippen molar-refractivity contribution in [3.8, 4) is 0 Å². The van der Waals surface area contributed by atoms with Crippen LogP contribution >= 0.6 is 20.7 Å². The molecule has 0 aromatic rings. The number of hydrogen-bond acceptors (Lipinski definition) is 2. The average Bonchev–Trinajstić information content (AvgIpc) is 2.54. The number of fused-ring (bicyclic) bond motifs is 1. The van der Waals surface area contributed by atoms with Crippen molar-refractivity contribution >= 4 is 30.5 Å². The molecule has 2 rings (SSSR count). The van der Waals surface area contributed by atoms with E-state index in [2.05, 4.69) is 55.7 Å². The molecule has 0 saturated heterocycles. The van der Waals surface area contributed by atoms with Crippen molar-refractivity contribution < 1.29 is 0 Å². The van der Waals surface area contributed by atoms with E-state index < -0.39 is 0 Å². The van der Waals surface area contributed by atoms with Crippen molar-refractivity contribution in [2.45, 2.75) is 20.8 Å². The van der Waals surface area contributed by atoms with Gasteiger partial charge in [0.15, 0.2) is 0 Å². The quantitative estimate of drug-likeness (QED) is 0.731. The third-order valence-corrected chi connectivity index (χ3v) is 5.85. The highest BCUT2D eigenvalue weighted by Crippen LogP contribution is 2.44. The summed E-state index contributed by atoms with van der Waals surface area (Å²) in [6.07, 6.45) is 12.2. The summed E-state index contributed by atoms with van der Waals surface area (Å²) in [6, 6.07) is 0. The van der Waals surface area contributed by atoms with Gasteiger partial charge in [0, 0.05) is 10.8 Å². The third-order valence-electron chi connectivity index (χ3n) is 3.64. The molecule has 0 spiro atoms. The van der Waals surface area contributed by atoms with Crippen LogP contribution in [0.2, 0.25) is 0 Å². The number of rotatable bonds is 3. The summed E-state index contributed by atoms with van der Waals surface area (Å²) < 4.78 is 4.42. The lowest BCUT2D eigenvalue weighted by molar-refractivity contribution is 0.642. The zero-order valence-corrected chi connectivity index (χ0v) is 14.4. The Kier molecular flexibility index (Phi) is 4.28. The molecule has 1 aliphatic heterocycles. The van der Waals surface area contributed by atoms with Gasteiger partial charge in [-0.25, -0.2) is 0 Å². The van der Waals surface area contributed by atoms with Crippen LogP contribution in [-0.2, 0) is 0 Å². The molecule has 106 valence electrons. The molecule has 0 amide bonds. The Bertz CT molecular complexity index is 600. The van der Waals surface area contributed by atoms with Crippen molar-refractivity contribution in [2.75, 3.05) is 0 Å². The number of allylic oxidation sites excluding steroid dienone is 6. The van der Waals surface area contributed by atoms with Crippen LogP contribution in [0.15, 0.2) is 63.5 Å². The fourth-order valence-corrected chi connectivity index (χ4v) is 3.88. The first-order valence-corrected chi connectivity index (χ1v) is 9.10. The van der Waals surface area contributed by atoms with E-state index in [1.807, 2.05) is 10.2 Å². The molecular formula is C17H21IN2. The fourth-order valence-electron chi connectivity index (χ4n) is 2.46. The monoisotopic (exact) mass is 380 g/mol. The first-order valence-electron chi connectivity index (χ1n) is 6.61. The number of halogens is 1. The van der Waals surface area contributed by atoms with Crippen molar-refractivity contribution in [3.63, 3.8) is 0 Å². The summed E-state index contributed by atoms with van der Waals surface area (Å²) in [7, 11) is 0. The van der Waals surface area contributed by atoms with Gasteiger partial charge < -0.3 is 5.73 Å². The number of nitrogens with zero attached hydrogens (tertiary/aromatic N) is 1. The van der Waals surface area contributed by atoms with Crippen molar-refractivity contribution in [2.24, 2.45) is 21.6 Å². The highest BCUT2D eigenvalue weighted by Gasteiger charge is 2.37. The molecule has 3 heteroatoms. The minimum atomic E-state index is -0.102. The highest BCUT2D eigenvalue weighted by atomic mass is 127. The Morgan fingerprint density at radius 2 is 2.10 bits per heavy atom. The second-order valence-corrected chi connectivity index (χ2v) is 7.93. The normalized spacial score (nSPS) is 28.4. The number of hydrogen-bond donors (Lipinski definition) is 1. The molecule has 0 radical (unpaired) electrons. The summed E-state index contributed by atoms with van der Waals surface area (Å²) in [4.78, 5) is 4.72. The van der Waals surface area contributed by atoms with Gasteiger partial charge in [0.2, 0.25) is 0 Å². The molecule has 1 aliphatic carbocycles. The van der Waals surface area contributed by atoms with E-state index in [1.165, 1.54) is 5.57 Å². The Morgan fingerprint density at radius 1 is 1.35 bits per heavy atom. The van der Waals surface area contributed by atoms with E-state index in [0.29, 0.717) is 0 Å². The highest BCUT2D eigenvalue weighted by molar-refractivity contribution is 14.2. The second-order valence-electron chi connectivity index (χ2n) is 5.71. The van der Waals surface area contributed by atoms with Gasteiger partial charge in [-0.3, -0.25) is 4.99 Å². The topological polar surface area (TPSA) is 38.4 Å². The van der Waals surface area contributed by atoms with E-state index in [9.17, 15) is 0 Å². The van der Waals surface area contributed by atoms with Gasteiger partial charge in [-0.05, 0) is 38.9 Å². The van der Waals surface area contributed by atoms with E-state index in [-0.39, 0.29) is 31.6 Å². The maximum absolute atomic E-state index is 5.54. The van der Waals surface area contributed by atoms with E-state index in [4.69, 9.17) is 10.7 Å². The Labute approximate surface area is 131 Å². The molecule has 1 unspecified atom stereocenters. The van der Waals surface area contributed by atoms with Gasteiger partial charge in [-0.1, -0.05) is 59.4 Å². The molecule has 1 heterocycles. The zero-order valence-electron chi connectivity index (χ0n) is 12.2. The van der Waals surface area contributed by atoms with Crippen LogP contribution in [0.3, 0.4) is 0 Å². The lowest BCUT2D eigenvalue weighted by Gasteiger charge is -2.25. The van der Waals surface area contributed by atoms with Crippen LogP contribution in [-0.4, -0.2) is 9.72 Å². The summed E-state index contributed by atoms with van der Waals surface area (Å²) in [5.74, 6) is 0. The summed E-state index contributed by atoms with van der Waals surface area (Å²) >= 11 is -0.0791. The van der Waals surface area contributed by atoms with Crippen molar-refractivity contribution in [1.29, 1.82) is 0 Å². The summed E-state index contributed by atoms with van der Waals surface area (Å²) in [5, 5.41) is 0. The van der Waals surface area contributed by atoms with E-state index in [0.717, 1.165) is 11.4 Å². The summed E-state index contributed by atoms with van der Waals surface area (Å²) in [5.41, 5.74) is 8.77. The zero-order chi connectivity index (χ0) is 14.8. The molecule has 2 N–H and O–H groups in total. The SMILES string of the molecule is C=CI=CC1(C)C=CC=C2N=C(/C=C/N)C(C)(C)C2=C1. The number of nitrogens with two attached hydrogens (primary N) is 1. The lowest BCUT2D eigenvalue weighted by Crippen LogP contribution is -2.22. The minimum Gasteiger partial charge on any atom is -0.405 e. The summed E-state index contributed by atoms with van der Waals surface area (Å²) in [6.45, 7) is 10.5. The van der Waals surface area contributed by atoms with Crippen LogP contribution in [0.1, 0.15) is 20.8 Å². The van der Waals surface area contributed by atoms with Gasteiger partial charge in [-0.2, -0.15) is 0 Å². The predicted molar refractivity (Wildman–Crippen MR) is 98.2 cm³/mol. The molecule has 20 heavy (non-hydrogen) atoms. The fraction of sp³-hybridized carbons (Fsp3) is 0.294. The Morgan fingerprint density at radius 3 is 2.75 bits per heavy atom. The van der Waals surface area contributed by atoms with Crippen LogP contribution in [0.4, 0.5) is 0 Å². The van der Waals surface area contributed by atoms with Gasteiger partial charge in [0.1, 0.15) is 0 Å². The molecular weight excluding hydrogens is 359 g/mol. The second kappa shape index (κ2) is 5.64. The van der Waals surface area contributed by atoms with Crippen LogP contribution in [0.25, 0.3) is 0 Å². The lowest BCUT2D eigenvalue weighted by atomic mass is 9.77. The van der Waals surface area contributed by atoms with Gasteiger partial charge in [0.25, 0.3) is 0 Å². The maximum Gasteiger partial charge on any atom is 0.0671 e. The first kappa shape index (κ1) is 15.2. The molecule has 1 atom stereocenters. The third kappa shape index (κ3) is 2.77. The number of aliphatic imine (C=N–C) groups is 1.